The van der Waals surface area contributed by atoms with E-state index in [1.54, 1.807) is 0 Å². The largest absolute Gasteiger partial charge is 0.449 e. The second-order valence-corrected chi connectivity index (χ2v) is 5.53. The molecule has 0 heterocycles. The predicted molar refractivity (Wildman–Crippen MR) is 86.2 cm³/mol. The summed E-state index contributed by atoms with van der Waals surface area (Å²) >= 11 is 0. The Bertz CT molecular complexity index is 651. The first kappa shape index (κ1) is 15.5. The van der Waals surface area contributed by atoms with Gasteiger partial charge in [-0.1, -0.05) is 48.5 Å². The first-order chi connectivity index (χ1) is 11.2. The Labute approximate surface area is 134 Å². The summed E-state index contributed by atoms with van der Waals surface area (Å²) in [4.78, 5) is 11.8. The molecule has 0 saturated heterocycles. The van der Waals surface area contributed by atoms with E-state index in [9.17, 15) is 4.79 Å². The Morgan fingerprint density at radius 3 is 2.04 bits per heavy atom. The highest BCUT2D eigenvalue weighted by molar-refractivity contribution is 5.79. The number of rotatable bonds is 5. The van der Waals surface area contributed by atoms with Crippen molar-refractivity contribution in [1.29, 1.82) is 0 Å². The van der Waals surface area contributed by atoms with Crippen LogP contribution in [0.3, 0.4) is 0 Å². The molecule has 0 spiro atoms. The van der Waals surface area contributed by atoms with Crippen molar-refractivity contribution in [2.24, 2.45) is 0 Å². The summed E-state index contributed by atoms with van der Waals surface area (Å²) in [6.45, 7) is -0.454. The van der Waals surface area contributed by atoms with E-state index in [0.29, 0.717) is 0 Å². The quantitative estimate of drug-likeness (QED) is 0.787. The zero-order valence-electron chi connectivity index (χ0n) is 12.6. The van der Waals surface area contributed by atoms with Crippen molar-refractivity contribution < 1.29 is 19.7 Å². The summed E-state index contributed by atoms with van der Waals surface area (Å²) in [6.07, 6.45) is -0.639. The highest BCUT2D eigenvalue weighted by Crippen LogP contribution is 2.44. The lowest BCUT2D eigenvalue weighted by Crippen LogP contribution is -2.40. The summed E-state index contributed by atoms with van der Waals surface area (Å²) in [7, 11) is 0. The summed E-state index contributed by atoms with van der Waals surface area (Å²) in [5.74, 6) is -0.00477. The lowest BCUT2D eigenvalue weighted by atomic mass is 9.98. The van der Waals surface area contributed by atoms with Crippen LogP contribution in [-0.2, 0) is 4.74 Å². The van der Waals surface area contributed by atoms with Crippen LogP contribution in [-0.4, -0.2) is 42.2 Å². The smallest absolute Gasteiger partial charge is 0.407 e. The fraction of sp³-hybridized carbons (Fsp3) is 0.278. The first-order valence-electron chi connectivity index (χ1n) is 7.57. The lowest BCUT2D eigenvalue weighted by molar-refractivity contribution is 0.119. The minimum absolute atomic E-state index is 0.00477. The minimum Gasteiger partial charge on any atom is -0.449 e. The Morgan fingerprint density at radius 2 is 1.52 bits per heavy atom. The number of hydrogen-bond donors (Lipinski definition) is 3. The number of aliphatic hydroxyl groups is 2. The van der Waals surface area contributed by atoms with Gasteiger partial charge in [0.15, 0.2) is 0 Å². The fourth-order valence-electron chi connectivity index (χ4n) is 2.96. The van der Waals surface area contributed by atoms with E-state index in [4.69, 9.17) is 14.9 Å². The third kappa shape index (κ3) is 3.06. The van der Waals surface area contributed by atoms with Gasteiger partial charge in [0.1, 0.15) is 6.61 Å². The zero-order chi connectivity index (χ0) is 16.2. The van der Waals surface area contributed by atoms with Gasteiger partial charge in [-0.25, -0.2) is 4.79 Å². The van der Waals surface area contributed by atoms with Crippen LogP contribution >= 0.6 is 0 Å². The summed E-state index contributed by atoms with van der Waals surface area (Å²) in [5, 5.41) is 20.4. The Hall–Kier alpha value is -2.37. The first-order valence-corrected chi connectivity index (χ1v) is 7.57. The molecule has 0 unspecified atom stereocenters. The van der Waals surface area contributed by atoms with Crippen LogP contribution in [0.15, 0.2) is 48.5 Å². The van der Waals surface area contributed by atoms with Crippen molar-refractivity contribution in [1.82, 2.24) is 5.32 Å². The Balaban J connectivity index is 1.75. The van der Waals surface area contributed by atoms with Crippen LogP contribution < -0.4 is 5.32 Å². The highest BCUT2D eigenvalue weighted by atomic mass is 16.5. The zero-order valence-corrected chi connectivity index (χ0v) is 12.6. The topological polar surface area (TPSA) is 78.8 Å². The number of aliphatic hydroxyl groups excluding tert-OH is 2. The molecule has 5 nitrogen and oxygen atoms in total. The van der Waals surface area contributed by atoms with E-state index in [2.05, 4.69) is 17.4 Å². The van der Waals surface area contributed by atoms with Crippen LogP contribution in [0.25, 0.3) is 11.1 Å². The summed E-state index contributed by atoms with van der Waals surface area (Å²) in [6, 6.07) is 15.5. The molecule has 0 saturated carbocycles. The molecule has 0 fully saturated rings. The van der Waals surface area contributed by atoms with Crippen molar-refractivity contribution in [3.63, 3.8) is 0 Å². The van der Waals surface area contributed by atoms with Crippen molar-refractivity contribution in [2.75, 3.05) is 19.8 Å². The van der Waals surface area contributed by atoms with E-state index >= 15 is 0 Å². The molecule has 2 aromatic rings. The Morgan fingerprint density at radius 1 is 1.00 bits per heavy atom. The second-order valence-electron chi connectivity index (χ2n) is 5.53. The third-order valence-electron chi connectivity index (χ3n) is 4.11. The van der Waals surface area contributed by atoms with Gasteiger partial charge in [0, 0.05) is 5.92 Å². The summed E-state index contributed by atoms with van der Waals surface area (Å²) < 4.78 is 5.30. The lowest BCUT2D eigenvalue weighted by Gasteiger charge is -2.17. The van der Waals surface area contributed by atoms with Crippen LogP contribution in [0.5, 0.6) is 0 Å². The third-order valence-corrected chi connectivity index (χ3v) is 4.11. The molecule has 0 bridgehead atoms. The van der Waals surface area contributed by atoms with E-state index < -0.39 is 12.1 Å². The van der Waals surface area contributed by atoms with Gasteiger partial charge in [-0.05, 0) is 22.3 Å². The number of alkyl carbamates (subject to hydrolysis) is 1. The normalized spacial score (nSPS) is 12.8. The maximum absolute atomic E-state index is 11.8. The molecule has 1 amide bonds. The van der Waals surface area contributed by atoms with Crippen molar-refractivity contribution in [3.8, 4) is 11.1 Å². The molecule has 0 atom stereocenters. The van der Waals surface area contributed by atoms with Crippen molar-refractivity contribution in [3.05, 3.63) is 59.7 Å². The van der Waals surface area contributed by atoms with Crippen molar-refractivity contribution >= 4 is 6.09 Å². The second kappa shape index (κ2) is 6.81. The monoisotopic (exact) mass is 313 g/mol. The number of ether oxygens (including phenoxy) is 1. The molecule has 1 aliphatic rings. The highest BCUT2D eigenvalue weighted by Gasteiger charge is 2.29. The number of benzene rings is 2. The molecular formula is C18H19NO4. The standard InChI is InChI=1S/C18H19NO4/c20-9-12(10-21)19-18(22)23-11-17-15-7-3-1-5-13(15)14-6-2-4-8-16(14)17/h1-8,12,17,20-21H,9-11H2,(H,19,22). The van der Waals surface area contributed by atoms with E-state index in [1.807, 2.05) is 36.4 Å². The van der Waals surface area contributed by atoms with Gasteiger partial charge < -0.3 is 20.3 Å². The van der Waals surface area contributed by atoms with Gasteiger partial charge in [-0.2, -0.15) is 0 Å². The van der Waals surface area contributed by atoms with Crippen LogP contribution in [0.2, 0.25) is 0 Å². The Kier molecular flexibility index (Phi) is 4.60. The number of hydrogen-bond acceptors (Lipinski definition) is 4. The SMILES string of the molecule is O=C(NC(CO)CO)OCC1c2ccccc2-c2ccccc21. The van der Waals surface area contributed by atoms with Crippen LogP contribution in [0, 0.1) is 0 Å². The van der Waals surface area contributed by atoms with Crippen molar-refractivity contribution in [2.45, 2.75) is 12.0 Å². The fourth-order valence-corrected chi connectivity index (χ4v) is 2.96. The molecule has 3 N–H and O–H groups in total. The van der Waals surface area contributed by atoms with Gasteiger partial charge in [0.25, 0.3) is 0 Å². The van der Waals surface area contributed by atoms with E-state index in [1.165, 1.54) is 11.1 Å². The molecular weight excluding hydrogens is 294 g/mol. The number of fused-ring (bicyclic) bond motifs is 3. The maximum atomic E-state index is 11.8. The van der Waals surface area contributed by atoms with Gasteiger partial charge in [0.2, 0.25) is 0 Å². The molecule has 120 valence electrons. The molecule has 0 aliphatic heterocycles. The van der Waals surface area contributed by atoms with Crippen LogP contribution in [0.4, 0.5) is 4.79 Å². The minimum atomic E-state index is -0.703. The molecule has 0 radical (unpaired) electrons. The number of nitrogens with one attached hydrogen (secondary N) is 1. The number of carbonyl (C=O) groups excluding carboxylic acids is 1. The summed E-state index contributed by atoms with van der Waals surface area (Å²) in [5.41, 5.74) is 4.62. The maximum Gasteiger partial charge on any atom is 0.407 e. The molecule has 3 rings (SSSR count). The van der Waals surface area contributed by atoms with Gasteiger partial charge >= 0.3 is 6.09 Å². The molecule has 2 aromatic carbocycles. The number of amides is 1. The van der Waals surface area contributed by atoms with Gasteiger partial charge in [0.05, 0.1) is 19.3 Å². The van der Waals surface area contributed by atoms with Gasteiger partial charge in [-0.15, -0.1) is 0 Å². The molecule has 1 aliphatic carbocycles. The average Bonchev–Trinajstić information content (AvgIpc) is 2.92. The van der Waals surface area contributed by atoms with Crippen LogP contribution in [0.1, 0.15) is 17.0 Å². The number of carbonyl (C=O) groups is 1. The van der Waals surface area contributed by atoms with E-state index in [0.717, 1.165) is 11.1 Å². The van der Waals surface area contributed by atoms with E-state index in [-0.39, 0.29) is 25.7 Å². The molecule has 23 heavy (non-hydrogen) atoms. The van der Waals surface area contributed by atoms with Gasteiger partial charge in [-0.3, -0.25) is 0 Å². The molecule has 5 heteroatoms. The average molecular weight is 313 g/mol. The molecule has 0 aromatic heterocycles. The predicted octanol–water partition coefficient (Wildman–Crippen LogP) is 1.88.